The molecule has 8 heteroatoms. The van der Waals surface area contributed by atoms with Gasteiger partial charge in [0.25, 0.3) is 10.0 Å². The zero-order valence-electron chi connectivity index (χ0n) is 16.3. The molecular weight excluding hydrogens is 396 g/mol. The number of nitrogens with one attached hydrogen (secondary N) is 1. The first-order chi connectivity index (χ1) is 13.1. The number of hydrogen-bond donors (Lipinski definition) is 1. The van der Waals surface area contributed by atoms with Crippen molar-refractivity contribution in [2.45, 2.75) is 38.5 Å². The number of aryl methyl sites for hydroxylation is 2. The molecule has 152 valence electrons. The highest BCUT2D eigenvalue weighted by molar-refractivity contribution is 7.93. The largest absolute Gasteiger partial charge is 0.284 e. The second-order valence-electron chi connectivity index (χ2n) is 7.61. The van der Waals surface area contributed by atoms with Gasteiger partial charge in [0.1, 0.15) is 0 Å². The summed E-state index contributed by atoms with van der Waals surface area (Å²) in [4.78, 5) is 0.257. The molecule has 3 rings (SSSR count). The van der Waals surface area contributed by atoms with Crippen LogP contribution in [0.25, 0.3) is 0 Å². The van der Waals surface area contributed by atoms with Crippen LogP contribution in [-0.4, -0.2) is 29.1 Å². The fraction of sp³-hybridized carbons (Fsp3) is 0.400. The van der Waals surface area contributed by atoms with Crippen molar-refractivity contribution in [3.63, 3.8) is 0 Å². The molecule has 1 aliphatic rings. The quantitative estimate of drug-likeness (QED) is 0.772. The van der Waals surface area contributed by atoms with Gasteiger partial charge in [0, 0.05) is 12.2 Å². The number of benzene rings is 2. The summed E-state index contributed by atoms with van der Waals surface area (Å²) in [6, 6.07) is 11.9. The molecule has 2 aromatic carbocycles. The molecule has 0 radical (unpaired) electrons. The third-order valence-corrected chi connectivity index (χ3v) is 8.07. The molecule has 2 aromatic rings. The molecule has 0 aromatic heterocycles. The molecule has 0 fully saturated rings. The van der Waals surface area contributed by atoms with Crippen LogP contribution in [0.15, 0.2) is 47.4 Å². The number of rotatable bonds is 6. The summed E-state index contributed by atoms with van der Waals surface area (Å²) in [6.07, 6.45) is 1.38. The highest BCUT2D eigenvalue weighted by Crippen LogP contribution is 2.34. The SMILES string of the molecule is Cc1ccc(S(=O)(=O)N2CCCc3cc(NS(=O)(=O)CC(C)C)ccc32)cc1. The van der Waals surface area contributed by atoms with Crippen molar-refractivity contribution in [1.29, 1.82) is 0 Å². The molecule has 28 heavy (non-hydrogen) atoms. The van der Waals surface area contributed by atoms with E-state index in [1.165, 1.54) is 4.31 Å². The topological polar surface area (TPSA) is 83.6 Å². The summed E-state index contributed by atoms with van der Waals surface area (Å²) in [5, 5.41) is 0. The normalized spacial score (nSPS) is 14.8. The third-order valence-electron chi connectivity index (χ3n) is 4.59. The van der Waals surface area contributed by atoms with E-state index in [0.717, 1.165) is 11.1 Å². The van der Waals surface area contributed by atoms with Gasteiger partial charge >= 0.3 is 0 Å². The first-order valence-corrected chi connectivity index (χ1v) is 12.4. The lowest BCUT2D eigenvalue weighted by atomic mass is 10.0. The van der Waals surface area contributed by atoms with Crippen LogP contribution in [0.4, 0.5) is 11.4 Å². The molecule has 0 unspecified atom stereocenters. The van der Waals surface area contributed by atoms with E-state index >= 15 is 0 Å². The van der Waals surface area contributed by atoms with Gasteiger partial charge < -0.3 is 0 Å². The number of anilines is 2. The van der Waals surface area contributed by atoms with E-state index in [4.69, 9.17) is 0 Å². The molecule has 1 N–H and O–H groups in total. The highest BCUT2D eigenvalue weighted by Gasteiger charge is 2.29. The second kappa shape index (κ2) is 7.75. The van der Waals surface area contributed by atoms with Crippen molar-refractivity contribution < 1.29 is 16.8 Å². The number of nitrogens with zero attached hydrogens (tertiary/aromatic N) is 1. The maximum atomic E-state index is 13.1. The Morgan fingerprint density at radius 3 is 2.36 bits per heavy atom. The maximum absolute atomic E-state index is 13.1. The highest BCUT2D eigenvalue weighted by atomic mass is 32.2. The molecule has 1 aliphatic heterocycles. The Balaban J connectivity index is 1.92. The third kappa shape index (κ3) is 4.50. The maximum Gasteiger partial charge on any atom is 0.264 e. The second-order valence-corrected chi connectivity index (χ2v) is 11.2. The minimum Gasteiger partial charge on any atom is -0.284 e. The van der Waals surface area contributed by atoms with Gasteiger partial charge in [0.2, 0.25) is 10.0 Å². The van der Waals surface area contributed by atoms with Crippen LogP contribution >= 0.6 is 0 Å². The predicted octanol–water partition coefficient (Wildman–Crippen LogP) is 3.53. The summed E-state index contributed by atoms with van der Waals surface area (Å²) < 4.78 is 54.6. The van der Waals surface area contributed by atoms with Crippen LogP contribution in [0.2, 0.25) is 0 Å². The fourth-order valence-electron chi connectivity index (χ4n) is 3.37. The summed E-state index contributed by atoms with van der Waals surface area (Å²) in [6.45, 7) is 6.01. The number of sulfonamides is 2. The van der Waals surface area contributed by atoms with Crippen LogP contribution in [0.3, 0.4) is 0 Å². The minimum atomic E-state index is -3.66. The summed E-state index contributed by atoms with van der Waals surface area (Å²) in [7, 11) is -7.09. The van der Waals surface area contributed by atoms with Crippen LogP contribution in [0.5, 0.6) is 0 Å². The number of hydrogen-bond acceptors (Lipinski definition) is 4. The molecule has 0 bridgehead atoms. The molecule has 1 heterocycles. The summed E-state index contributed by atoms with van der Waals surface area (Å²) in [5.41, 5.74) is 2.90. The molecule has 0 atom stereocenters. The van der Waals surface area contributed by atoms with Crippen LogP contribution in [0.1, 0.15) is 31.4 Å². The molecule has 0 spiro atoms. The van der Waals surface area contributed by atoms with Crippen molar-refractivity contribution in [2.75, 3.05) is 21.3 Å². The molecule has 0 saturated heterocycles. The lowest BCUT2D eigenvalue weighted by molar-refractivity contribution is 0.585. The molecular formula is C20H26N2O4S2. The average molecular weight is 423 g/mol. The van der Waals surface area contributed by atoms with E-state index in [1.54, 1.807) is 42.5 Å². The van der Waals surface area contributed by atoms with Gasteiger partial charge in [-0.1, -0.05) is 31.5 Å². The standard InChI is InChI=1S/C20H26N2O4S2/c1-15(2)14-27(23,24)21-18-8-11-20-17(13-18)5-4-12-22(20)28(25,26)19-9-6-16(3)7-10-19/h6-11,13,15,21H,4-5,12,14H2,1-3H3. The van der Waals surface area contributed by atoms with Gasteiger partial charge in [-0.3, -0.25) is 9.03 Å². The Hall–Kier alpha value is -2.06. The zero-order valence-corrected chi connectivity index (χ0v) is 18.0. The van der Waals surface area contributed by atoms with Crippen molar-refractivity contribution in [3.8, 4) is 0 Å². The van der Waals surface area contributed by atoms with E-state index in [2.05, 4.69) is 4.72 Å². The van der Waals surface area contributed by atoms with Gasteiger partial charge in [-0.2, -0.15) is 0 Å². The van der Waals surface area contributed by atoms with E-state index < -0.39 is 20.0 Å². The van der Waals surface area contributed by atoms with Gasteiger partial charge in [0.15, 0.2) is 0 Å². The number of fused-ring (bicyclic) bond motifs is 1. The summed E-state index contributed by atoms with van der Waals surface area (Å²) >= 11 is 0. The zero-order chi connectivity index (χ0) is 20.5. The summed E-state index contributed by atoms with van der Waals surface area (Å²) in [5.74, 6) is 0.0585. The first kappa shape index (κ1) is 20.7. The fourth-order valence-corrected chi connectivity index (χ4v) is 6.36. The Bertz CT molecular complexity index is 1060. The van der Waals surface area contributed by atoms with E-state index in [9.17, 15) is 16.8 Å². The Kier molecular flexibility index (Phi) is 5.72. The molecule has 0 aliphatic carbocycles. The van der Waals surface area contributed by atoms with Crippen molar-refractivity contribution in [3.05, 3.63) is 53.6 Å². The Morgan fingerprint density at radius 2 is 1.71 bits per heavy atom. The van der Waals surface area contributed by atoms with E-state index in [1.807, 2.05) is 20.8 Å². The molecule has 6 nitrogen and oxygen atoms in total. The molecule has 0 saturated carbocycles. The smallest absolute Gasteiger partial charge is 0.264 e. The average Bonchev–Trinajstić information content (AvgIpc) is 2.59. The Morgan fingerprint density at radius 1 is 1.04 bits per heavy atom. The monoisotopic (exact) mass is 422 g/mol. The van der Waals surface area contributed by atoms with Crippen molar-refractivity contribution in [2.24, 2.45) is 5.92 Å². The van der Waals surface area contributed by atoms with E-state index in [0.29, 0.717) is 30.8 Å². The van der Waals surface area contributed by atoms with Gasteiger partial charge in [-0.05, 0) is 61.6 Å². The van der Waals surface area contributed by atoms with Crippen LogP contribution < -0.4 is 9.03 Å². The van der Waals surface area contributed by atoms with Gasteiger partial charge in [0.05, 0.1) is 16.3 Å². The van der Waals surface area contributed by atoms with E-state index in [-0.39, 0.29) is 16.6 Å². The first-order valence-electron chi connectivity index (χ1n) is 9.31. The lowest BCUT2D eigenvalue weighted by Crippen LogP contribution is -2.35. The predicted molar refractivity (Wildman–Crippen MR) is 113 cm³/mol. The van der Waals surface area contributed by atoms with Crippen molar-refractivity contribution >= 4 is 31.4 Å². The van der Waals surface area contributed by atoms with Crippen molar-refractivity contribution in [1.82, 2.24) is 0 Å². The lowest BCUT2D eigenvalue weighted by Gasteiger charge is -2.31. The molecule has 0 amide bonds. The van der Waals surface area contributed by atoms with Gasteiger partial charge in [-0.15, -0.1) is 0 Å². The van der Waals surface area contributed by atoms with Crippen LogP contribution in [0, 0.1) is 12.8 Å². The Labute approximate surface area is 167 Å². The van der Waals surface area contributed by atoms with Gasteiger partial charge in [-0.25, -0.2) is 16.8 Å². The van der Waals surface area contributed by atoms with Crippen LogP contribution in [-0.2, 0) is 26.5 Å². The minimum absolute atomic E-state index is 0.0188.